The van der Waals surface area contributed by atoms with Crippen molar-refractivity contribution in [2.45, 2.75) is 85.0 Å². The van der Waals surface area contributed by atoms with E-state index in [4.69, 9.17) is 9.73 Å². The molecule has 0 aromatic carbocycles. The zero-order valence-corrected chi connectivity index (χ0v) is 21.7. The third kappa shape index (κ3) is 7.67. The third-order valence-electron chi connectivity index (χ3n) is 6.03. The molecule has 0 radical (unpaired) electrons. The van der Waals surface area contributed by atoms with Gasteiger partial charge in [0.2, 0.25) is 0 Å². The first-order valence-corrected chi connectivity index (χ1v) is 12.6. The van der Waals surface area contributed by atoms with Crippen LogP contribution in [0.2, 0.25) is 0 Å². The minimum absolute atomic E-state index is 0. The number of aromatic nitrogens is 2. The quantitative estimate of drug-likeness (QED) is 0.265. The van der Waals surface area contributed by atoms with Gasteiger partial charge >= 0.3 is 0 Å². The summed E-state index contributed by atoms with van der Waals surface area (Å²) in [5, 5.41) is 9.80. The average molecular weight is 483 g/mol. The first-order valence-electron chi connectivity index (χ1n) is 12.6. The van der Waals surface area contributed by atoms with E-state index in [0.717, 1.165) is 40.6 Å². The number of ether oxygens (including phenoxy) is 1. The molecule has 0 aliphatic carbocycles. The van der Waals surface area contributed by atoms with Crippen molar-refractivity contribution in [2.75, 3.05) is 6.61 Å². The van der Waals surface area contributed by atoms with Gasteiger partial charge in [0, 0.05) is 11.4 Å². The summed E-state index contributed by atoms with van der Waals surface area (Å²) in [5.74, 6) is 0.589. The van der Waals surface area contributed by atoms with Crippen LogP contribution in [-0.4, -0.2) is 22.3 Å². The van der Waals surface area contributed by atoms with E-state index < -0.39 is 0 Å². The number of aromatic amines is 2. The van der Waals surface area contributed by atoms with Gasteiger partial charge in [-0.2, -0.15) is 5.26 Å². The highest BCUT2D eigenvalue weighted by molar-refractivity contribution is 5.99. The Morgan fingerprint density at radius 2 is 1.68 bits per heavy atom. The van der Waals surface area contributed by atoms with Gasteiger partial charge in [-0.15, -0.1) is 12.4 Å². The van der Waals surface area contributed by atoms with Crippen molar-refractivity contribution in [3.8, 4) is 23.2 Å². The predicted octanol–water partition coefficient (Wildman–Crippen LogP) is 8.28. The Hall–Kier alpha value is -2.71. The number of nitrogens with one attached hydrogen (secondary N) is 2. The standard InChI is InChI=1S/C28H38N4O.ClH/c1-4-6-7-8-9-10-11-12-13-14-22-16-17-23(31-22)19-26-28(33-5-2)24(20-29)27(32-26)25-18-15-21(3)30-25;/h15-19,30,32H,4-14H2,1-3H3;1H. The van der Waals surface area contributed by atoms with Crippen molar-refractivity contribution in [1.29, 1.82) is 5.26 Å². The summed E-state index contributed by atoms with van der Waals surface area (Å²) >= 11 is 0. The summed E-state index contributed by atoms with van der Waals surface area (Å²) in [6, 6.07) is 6.29. The van der Waals surface area contributed by atoms with Crippen LogP contribution in [0.25, 0.3) is 17.5 Å². The summed E-state index contributed by atoms with van der Waals surface area (Å²) in [6.45, 7) is 6.69. The van der Waals surface area contributed by atoms with Gasteiger partial charge in [0.1, 0.15) is 11.6 Å². The largest absolute Gasteiger partial charge is 0.490 e. The van der Waals surface area contributed by atoms with Gasteiger partial charge in [0.15, 0.2) is 5.75 Å². The van der Waals surface area contributed by atoms with Gasteiger partial charge in [-0.25, -0.2) is 0 Å². The molecule has 0 atom stereocenters. The number of aliphatic imine (C=N–C) groups is 1. The molecule has 2 aromatic rings. The number of nitriles is 1. The molecule has 0 fully saturated rings. The molecule has 0 bridgehead atoms. The molecule has 3 heterocycles. The molecule has 1 aliphatic rings. The summed E-state index contributed by atoms with van der Waals surface area (Å²) < 4.78 is 5.85. The van der Waals surface area contributed by atoms with Gasteiger partial charge in [-0.05, 0) is 57.0 Å². The van der Waals surface area contributed by atoms with E-state index >= 15 is 0 Å². The van der Waals surface area contributed by atoms with Crippen molar-refractivity contribution < 1.29 is 4.74 Å². The number of allylic oxidation sites excluding steroid dienone is 2. The molecule has 0 spiro atoms. The lowest BCUT2D eigenvalue weighted by molar-refractivity contribution is 0.339. The normalized spacial score (nSPS) is 13.7. The zero-order valence-electron chi connectivity index (χ0n) is 20.9. The fourth-order valence-electron chi connectivity index (χ4n) is 4.26. The average Bonchev–Trinajstić information content (AvgIpc) is 3.52. The fraction of sp³-hybridized carbons (Fsp3) is 0.500. The second kappa shape index (κ2) is 14.5. The smallest absolute Gasteiger partial charge is 0.162 e. The second-order valence-electron chi connectivity index (χ2n) is 8.80. The van der Waals surface area contributed by atoms with E-state index in [2.05, 4.69) is 29.0 Å². The van der Waals surface area contributed by atoms with Crippen LogP contribution in [0.15, 0.2) is 35.0 Å². The Bertz CT molecular complexity index is 1040. The van der Waals surface area contributed by atoms with Crippen LogP contribution in [0, 0.1) is 18.3 Å². The molecule has 0 saturated carbocycles. The molecular formula is C28H39ClN4O. The molecule has 2 aromatic heterocycles. The number of unbranched alkanes of at least 4 members (excludes halogenated alkanes) is 8. The van der Waals surface area contributed by atoms with Gasteiger partial charge in [-0.1, -0.05) is 58.3 Å². The van der Waals surface area contributed by atoms with E-state index in [1.807, 2.05) is 38.1 Å². The van der Waals surface area contributed by atoms with Gasteiger partial charge in [0.05, 0.1) is 29.4 Å². The highest BCUT2D eigenvalue weighted by Gasteiger charge is 2.20. The number of hydrogen-bond donors (Lipinski definition) is 2. The Balaban J connectivity index is 0.00000408. The van der Waals surface area contributed by atoms with Crippen molar-refractivity contribution in [1.82, 2.24) is 9.97 Å². The molecule has 0 amide bonds. The highest BCUT2D eigenvalue weighted by Crippen LogP contribution is 2.35. The lowest BCUT2D eigenvalue weighted by Gasteiger charge is -2.03. The maximum Gasteiger partial charge on any atom is 0.162 e. The van der Waals surface area contributed by atoms with Crippen LogP contribution in [-0.2, 0) is 0 Å². The summed E-state index contributed by atoms with van der Waals surface area (Å²) in [7, 11) is 0. The van der Waals surface area contributed by atoms with Gasteiger partial charge < -0.3 is 14.7 Å². The van der Waals surface area contributed by atoms with E-state index in [1.165, 1.54) is 57.8 Å². The number of hydrogen-bond acceptors (Lipinski definition) is 3. The zero-order chi connectivity index (χ0) is 23.5. The van der Waals surface area contributed by atoms with Crippen molar-refractivity contribution in [3.63, 3.8) is 0 Å². The molecule has 1 aliphatic heterocycles. The summed E-state index contributed by atoms with van der Waals surface area (Å²) in [4.78, 5) is 11.5. The maximum absolute atomic E-state index is 9.80. The van der Waals surface area contributed by atoms with E-state index in [9.17, 15) is 5.26 Å². The minimum atomic E-state index is 0. The SMILES string of the molecule is CCCCCCCCCCCC1=NC(=Cc2[nH]c(-c3ccc(C)[nH]3)c(C#N)c2OCC)C=C1.Cl. The Kier molecular flexibility index (Phi) is 11.8. The molecule has 6 heteroatoms. The van der Waals surface area contributed by atoms with Crippen LogP contribution in [0.5, 0.6) is 5.75 Å². The molecule has 0 saturated heterocycles. The van der Waals surface area contributed by atoms with E-state index in [-0.39, 0.29) is 12.4 Å². The lowest BCUT2D eigenvalue weighted by atomic mass is 10.1. The van der Waals surface area contributed by atoms with Crippen LogP contribution in [0.3, 0.4) is 0 Å². The van der Waals surface area contributed by atoms with Gasteiger partial charge in [0.25, 0.3) is 0 Å². The van der Waals surface area contributed by atoms with Crippen molar-refractivity contribution in [2.24, 2.45) is 4.99 Å². The van der Waals surface area contributed by atoms with Gasteiger partial charge in [-0.3, -0.25) is 4.99 Å². The highest BCUT2D eigenvalue weighted by atomic mass is 35.5. The summed E-state index contributed by atoms with van der Waals surface area (Å²) in [5.41, 5.74) is 6.00. The van der Waals surface area contributed by atoms with Crippen LogP contribution >= 0.6 is 12.4 Å². The molecular weight excluding hydrogens is 444 g/mol. The van der Waals surface area contributed by atoms with Crippen LogP contribution in [0.4, 0.5) is 0 Å². The van der Waals surface area contributed by atoms with E-state index in [0.29, 0.717) is 17.9 Å². The summed E-state index contributed by atoms with van der Waals surface area (Å²) in [6.07, 6.45) is 19.1. The monoisotopic (exact) mass is 482 g/mol. The van der Waals surface area contributed by atoms with Crippen LogP contribution < -0.4 is 4.74 Å². The molecule has 34 heavy (non-hydrogen) atoms. The molecule has 2 N–H and O–H groups in total. The first-order chi connectivity index (χ1) is 16.2. The molecule has 184 valence electrons. The third-order valence-corrected chi connectivity index (χ3v) is 6.03. The minimum Gasteiger partial charge on any atom is -0.490 e. The Morgan fingerprint density at radius 3 is 2.29 bits per heavy atom. The maximum atomic E-state index is 9.80. The number of aryl methyl sites for hydroxylation is 1. The first kappa shape index (κ1) is 27.5. The molecule has 0 unspecified atom stereocenters. The predicted molar refractivity (Wildman–Crippen MR) is 145 cm³/mol. The lowest BCUT2D eigenvalue weighted by Crippen LogP contribution is -1.94. The Labute approximate surface area is 210 Å². The second-order valence-corrected chi connectivity index (χ2v) is 8.80. The number of H-pyrrole nitrogens is 2. The topological polar surface area (TPSA) is 77.0 Å². The number of nitrogens with zero attached hydrogens (tertiary/aromatic N) is 2. The fourth-order valence-corrected chi connectivity index (χ4v) is 4.26. The molecule has 3 rings (SSSR count). The number of halogens is 1. The van der Waals surface area contributed by atoms with Crippen molar-refractivity contribution in [3.05, 3.63) is 46.9 Å². The molecule has 5 nitrogen and oxygen atoms in total. The van der Waals surface area contributed by atoms with E-state index in [1.54, 1.807) is 0 Å². The van der Waals surface area contributed by atoms with Crippen LogP contribution in [0.1, 0.15) is 95.0 Å². The Morgan fingerprint density at radius 1 is 0.971 bits per heavy atom. The van der Waals surface area contributed by atoms with Crippen molar-refractivity contribution >= 4 is 24.2 Å². The number of rotatable bonds is 14.